The van der Waals surface area contributed by atoms with E-state index in [1.54, 1.807) is 0 Å². The zero-order valence-corrected chi connectivity index (χ0v) is 28.3. The van der Waals surface area contributed by atoms with Crippen molar-refractivity contribution < 1.29 is 57.9 Å². The summed E-state index contributed by atoms with van der Waals surface area (Å²) < 4.78 is 0. The molecule has 283 valence electrons. The Morgan fingerprint density at radius 1 is 0.265 bits per heavy atom. The Kier molecular flexibility index (Phi) is 9.98. The van der Waals surface area contributed by atoms with Crippen LogP contribution in [0.15, 0.2) is 0 Å². The van der Waals surface area contributed by atoms with E-state index in [1.165, 1.54) is 12.8 Å². The Morgan fingerprint density at radius 2 is 0.449 bits per heavy atom. The molecule has 0 aromatic heterocycles. The van der Waals surface area contributed by atoms with Crippen molar-refractivity contribution in [1.29, 1.82) is 0 Å². The molecule has 49 heavy (non-hydrogen) atoms. The fraction of sp³-hybridized carbons (Fsp3) is 1.00. The van der Waals surface area contributed by atoms with E-state index in [4.69, 9.17) is 0 Å². The summed E-state index contributed by atoms with van der Waals surface area (Å²) in [7, 11) is 0. The van der Waals surface area contributed by atoms with Crippen molar-refractivity contribution in [2.24, 2.45) is 47.3 Å². The van der Waals surface area contributed by atoms with Crippen molar-refractivity contribution in [3.63, 3.8) is 0 Å². The smallest absolute Gasteiger partial charge is 0.109 e. The Labute approximate surface area is 296 Å². The van der Waals surface area contributed by atoms with Gasteiger partial charge in [-0.15, -0.1) is 0 Å². The van der Waals surface area contributed by atoms with Crippen LogP contribution in [0.3, 0.4) is 0 Å². The molecule has 1 radical (unpaired) electrons. The largest absolute Gasteiger partial charge is 0.390 e. The number of nitrogens with one attached hydrogen (secondary N) is 8. The summed E-state index contributed by atoms with van der Waals surface area (Å²) >= 11 is 0. The van der Waals surface area contributed by atoms with Gasteiger partial charge in [0.25, 0.3) is 0 Å². The molecular weight excluding hydrogens is 688 g/mol. The minimum absolute atomic E-state index is 0. The molecule has 4 saturated carbocycles. The zero-order valence-electron chi connectivity index (χ0n) is 27.4. The number of rotatable bonds is 0. The van der Waals surface area contributed by atoms with Crippen LogP contribution in [-0.4, -0.2) is 139 Å². The third kappa shape index (κ3) is 5.62. The Balaban J connectivity index is 0.00000348. The average Bonchev–Trinajstić information content (AvgIpc) is 3.83. The second-order valence-corrected chi connectivity index (χ2v) is 16.6. The van der Waals surface area contributed by atoms with Gasteiger partial charge < -0.3 is 40.9 Å². The molecule has 9 rings (SSSR count). The Bertz CT molecular complexity index is 1120. The molecule has 5 heterocycles. The van der Waals surface area contributed by atoms with Gasteiger partial charge in [-0.05, 0) is 49.4 Å². The van der Waals surface area contributed by atoms with E-state index < -0.39 is 97.2 Å². The quantitative estimate of drug-likeness (QED) is 0.103. The van der Waals surface area contributed by atoms with E-state index in [0.717, 1.165) is 38.5 Å². The first-order valence-electron chi connectivity index (χ1n) is 18.7. The van der Waals surface area contributed by atoms with Crippen molar-refractivity contribution in [2.45, 2.75) is 150 Å². The molecule has 4 aliphatic carbocycles. The van der Waals surface area contributed by atoms with Crippen LogP contribution < -0.4 is 42.5 Å². The summed E-state index contributed by atoms with van der Waals surface area (Å²) in [6.45, 7) is 0. The maximum absolute atomic E-state index is 11.4. The number of hydrogen-bond donors (Lipinski definition) is 16. The first-order valence-corrected chi connectivity index (χ1v) is 18.7. The Hall–Kier alpha value is -0.121. The van der Waals surface area contributed by atoms with E-state index in [-0.39, 0.29) is 41.7 Å². The fourth-order valence-corrected chi connectivity index (χ4v) is 12.1. The van der Waals surface area contributed by atoms with Gasteiger partial charge in [-0.1, -0.05) is 25.7 Å². The minimum Gasteiger partial charge on any atom is -0.390 e. The molecule has 9 aliphatic rings. The fourth-order valence-electron chi connectivity index (χ4n) is 12.1. The molecule has 16 nitrogen and oxygen atoms in total. The molecule has 5 aliphatic heterocycles. The van der Waals surface area contributed by atoms with Gasteiger partial charge in [0.15, 0.2) is 0 Å². The predicted molar refractivity (Wildman–Crippen MR) is 168 cm³/mol. The van der Waals surface area contributed by atoms with Gasteiger partial charge in [-0.3, -0.25) is 42.5 Å². The topological polar surface area (TPSA) is 258 Å². The number of aliphatic hydroxyl groups is 8. The van der Waals surface area contributed by atoms with Crippen molar-refractivity contribution in [2.75, 3.05) is 0 Å². The predicted octanol–water partition coefficient (Wildman–Crippen LogP) is -5.63. The van der Waals surface area contributed by atoms with Gasteiger partial charge in [0.05, 0.1) is 73.7 Å². The molecule has 24 atom stereocenters. The van der Waals surface area contributed by atoms with Gasteiger partial charge in [-0.2, -0.15) is 0 Å². The second kappa shape index (κ2) is 13.6. The normalized spacial score (nSPS) is 61.2. The van der Waals surface area contributed by atoms with E-state index in [0.29, 0.717) is 23.7 Å². The monoisotopic (exact) mass is 743 g/mol. The molecular formula is C32H56CuN8O8. The molecule has 0 amide bonds. The van der Waals surface area contributed by atoms with Crippen LogP contribution in [0.4, 0.5) is 0 Å². The standard InChI is InChI=1S/C32H56N8O8.Cu/c41-17-13-15(19(43)23(47)21(17)45)31-38-29(13)36-27-11-7-3-1-5-9(11)25(34-27)33-26-10-6-2-4-8-12(10)28(35-26)37-30-14-16(32(39-30)40-31)20(44)24(48)22(46)18(14)42;/h9-48H,1-8H2;. The summed E-state index contributed by atoms with van der Waals surface area (Å²) in [5.41, 5.74) is 0. The van der Waals surface area contributed by atoms with E-state index in [9.17, 15) is 40.9 Å². The third-order valence-corrected chi connectivity index (χ3v) is 14.4. The van der Waals surface area contributed by atoms with Crippen molar-refractivity contribution >= 4 is 0 Å². The number of aliphatic hydroxyl groups excluding tert-OH is 8. The third-order valence-electron chi connectivity index (χ3n) is 14.4. The van der Waals surface area contributed by atoms with E-state index in [1.807, 2.05) is 0 Å². The zero-order chi connectivity index (χ0) is 33.2. The molecule has 9 fully saturated rings. The first-order chi connectivity index (χ1) is 23.1. The summed E-state index contributed by atoms with van der Waals surface area (Å²) in [5.74, 6) is -1.36. The summed E-state index contributed by atoms with van der Waals surface area (Å²) in [5, 5.41) is 119. The summed E-state index contributed by atoms with van der Waals surface area (Å²) in [6, 6.07) is 0. The maximum atomic E-state index is 11.4. The van der Waals surface area contributed by atoms with Gasteiger partial charge in [0.1, 0.15) is 24.4 Å². The van der Waals surface area contributed by atoms with Crippen LogP contribution in [0.2, 0.25) is 0 Å². The second-order valence-electron chi connectivity index (χ2n) is 16.6. The molecule has 24 unspecified atom stereocenters. The van der Waals surface area contributed by atoms with Gasteiger partial charge in [0.2, 0.25) is 0 Å². The van der Waals surface area contributed by atoms with Crippen molar-refractivity contribution in [3.8, 4) is 0 Å². The minimum atomic E-state index is -1.57. The van der Waals surface area contributed by atoms with Gasteiger partial charge >= 0.3 is 0 Å². The summed E-state index contributed by atoms with van der Waals surface area (Å²) in [4.78, 5) is 0. The van der Waals surface area contributed by atoms with Crippen molar-refractivity contribution in [1.82, 2.24) is 42.5 Å². The van der Waals surface area contributed by atoms with Crippen LogP contribution in [0.25, 0.3) is 0 Å². The van der Waals surface area contributed by atoms with Crippen LogP contribution in [-0.2, 0) is 17.1 Å². The first kappa shape index (κ1) is 35.9. The molecule has 8 bridgehead atoms. The van der Waals surface area contributed by atoms with Crippen LogP contribution >= 0.6 is 0 Å². The number of fused-ring (bicyclic) bond motifs is 20. The molecule has 0 spiro atoms. The van der Waals surface area contributed by atoms with E-state index in [2.05, 4.69) is 42.5 Å². The molecule has 5 saturated heterocycles. The van der Waals surface area contributed by atoms with Crippen LogP contribution in [0.5, 0.6) is 0 Å². The SMILES string of the molecule is OC1C(O)C(O)C2C3NC(NC4NC(NC5NC(NC6NC(N3)C3C(O)C(O)C(O)C(O)C63)C3CCCCC53)C3CCCCC43)C2C1O.[Cu]. The average molecular weight is 744 g/mol. The van der Waals surface area contributed by atoms with Crippen LogP contribution in [0.1, 0.15) is 51.4 Å². The van der Waals surface area contributed by atoms with Gasteiger partial charge in [0, 0.05) is 40.7 Å². The Morgan fingerprint density at radius 3 is 0.673 bits per heavy atom. The molecule has 0 aromatic carbocycles. The van der Waals surface area contributed by atoms with Gasteiger partial charge in [-0.25, -0.2) is 0 Å². The van der Waals surface area contributed by atoms with Crippen LogP contribution in [0, 0.1) is 47.3 Å². The molecule has 0 aromatic rings. The van der Waals surface area contributed by atoms with E-state index >= 15 is 0 Å². The molecule has 16 N–H and O–H groups in total. The summed E-state index contributed by atoms with van der Waals surface area (Å²) in [6.07, 6.45) is -5.30. The molecule has 17 heteroatoms. The maximum Gasteiger partial charge on any atom is 0.109 e. The van der Waals surface area contributed by atoms with Crippen molar-refractivity contribution in [3.05, 3.63) is 0 Å². The number of hydrogen-bond acceptors (Lipinski definition) is 16.